The van der Waals surface area contributed by atoms with Gasteiger partial charge in [-0.05, 0) is 18.4 Å². The SMILES string of the molecule is CN1C(C(=O)C2=CC=CNC2N)=CC=CC1Br. The Morgan fingerprint density at radius 1 is 1.47 bits per heavy atom. The summed E-state index contributed by atoms with van der Waals surface area (Å²) in [6, 6.07) is 0. The van der Waals surface area contributed by atoms with Gasteiger partial charge in [-0.15, -0.1) is 0 Å². The number of dihydropyridines is 1. The molecule has 2 rings (SSSR count). The maximum absolute atomic E-state index is 12.3. The van der Waals surface area contributed by atoms with Crippen LogP contribution < -0.4 is 11.1 Å². The molecule has 0 amide bonds. The van der Waals surface area contributed by atoms with Crippen LogP contribution in [0.3, 0.4) is 0 Å². The number of hydrogen-bond donors (Lipinski definition) is 2. The molecule has 3 N–H and O–H groups in total. The summed E-state index contributed by atoms with van der Waals surface area (Å²) in [6.45, 7) is 0. The van der Waals surface area contributed by atoms with Crippen molar-refractivity contribution in [1.29, 1.82) is 0 Å². The van der Waals surface area contributed by atoms with E-state index in [4.69, 9.17) is 5.73 Å². The van der Waals surface area contributed by atoms with Crippen molar-refractivity contribution in [3.05, 3.63) is 47.9 Å². The van der Waals surface area contributed by atoms with Gasteiger partial charge in [0.25, 0.3) is 0 Å². The summed E-state index contributed by atoms with van der Waals surface area (Å²) < 4.78 is 0. The molecular weight excluding hydrogens is 282 g/mol. The Hall–Kier alpha value is -1.33. The maximum Gasteiger partial charge on any atom is 0.208 e. The van der Waals surface area contributed by atoms with Crippen molar-refractivity contribution in [2.45, 2.75) is 11.1 Å². The third kappa shape index (κ3) is 2.35. The number of hydrogen-bond acceptors (Lipinski definition) is 4. The highest BCUT2D eigenvalue weighted by molar-refractivity contribution is 9.09. The summed E-state index contributed by atoms with van der Waals surface area (Å²) in [5.41, 5.74) is 7.04. The minimum Gasteiger partial charge on any atom is -0.372 e. The van der Waals surface area contributed by atoms with Crippen molar-refractivity contribution >= 4 is 21.7 Å². The molecule has 0 aromatic carbocycles. The van der Waals surface area contributed by atoms with Gasteiger partial charge in [-0.25, -0.2) is 0 Å². The molecule has 0 fully saturated rings. The maximum atomic E-state index is 12.3. The lowest BCUT2D eigenvalue weighted by atomic mass is 10.0. The van der Waals surface area contributed by atoms with E-state index >= 15 is 0 Å². The monoisotopic (exact) mass is 295 g/mol. The van der Waals surface area contributed by atoms with E-state index in [9.17, 15) is 4.79 Å². The number of allylic oxidation sites excluding steroid dienone is 5. The van der Waals surface area contributed by atoms with Crippen LogP contribution in [0.5, 0.6) is 0 Å². The third-order valence-electron chi connectivity index (χ3n) is 2.75. The number of ketones is 1. The lowest BCUT2D eigenvalue weighted by Gasteiger charge is -2.29. The molecule has 4 nitrogen and oxygen atoms in total. The molecule has 2 heterocycles. The number of Topliss-reactive ketones (excluding diaryl/α,β-unsaturated/α-hetero) is 1. The van der Waals surface area contributed by atoms with Crippen LogP contribution in [0.1, 0.15) is 0 Å². The first kappa shape index (κ1) is 12.1. The normalized spacial score (nSPS) is 27.4. The van der Waals surface area contributed by atoms with E-state index in [1.807, 2.05) is 24.1 Å². The van der Waals surface area contributed by atoms with Gasteiger partial charge in [-0.2, -0.15) is 0 Å². The molecule has 0 saturated heterocycles. The van der Waals surface area contributed by atoms with Crippen molar-refractivity contribution in [2.24, 2.45) is 5.73 Å². The van der Waals surface area contributed by atoms with Gasteiger partial charge in [0.1, 0.15) is 11.1 Å². The number of nitrogens with zero attached hydrogens (tertiary/aromatic N) is 1. The molecule has 17 heavy (non-hydrogen) atoms. The van der Waals surface area contributed by atoms with Gasteiger partial charge in [0.2, 0.25) is 5.78 Å². The van der Waals surface area contributed by atoms with Gasteiger partial charge in [0, 0.05) is 12.6 Å². The molecule has 2 unspecified atom stereocenters. The lowest BCUT2D eigenvalue weighted by molar-refractivity contribution is -0.113. The average Bonchev–Trinajstić information content (AvgIpc) is 2.32. The predicted molar refractivity (Wildman–Crippen MR) is 71.0 cm³/mol. The fourth-order valence-electron chi connectivity index (χ4n) is 1.72. The molecular formula is C12H14BrN3O. The largest absolute Gasteiger partial charge is 0.372 e. The Balaban J connectivity index is 2.26. The number of nitrogens with one attached hydrogen (secondary N) is 1. The zero-order valence-corrected chi connectivity index (χ0v) is 11.0. The molecule has 0 spiro atoms. The van der Waals surface area contributed by atoms with Gasteiger partial charge in [-0.3, -0.25) is 4.79 Å². The molecule has 0 aromatic heterocycles. The molecule has 0 aliphatic carbocycles. The molecule has 0 aromatic rings. The predicted octanol–water partition coefficient (Wildman–Crippen LogP) is 0.990. The van der Waals surface area contributed by atoms with Gasteiger partial charge in [0.15, 0.2) is 0 Å². The summed E-state index contributed by atoms with van der Waals surface area (Å²) in [5.74, 6) is -0.0503. The van der Waals surface area contributed by atoms with Crippen molar-refractivity contribution in [3.8, 4) is 0 Å². The summed E-state index contributed by atoms with van der Waals surface area (Å²) in [7, 11) is 1.87. The van der Waals surface area contributed by atoms with Crippen LogP contribution in [-0.4, -0.2) is 28.8 Å². The molecule has 2 atom stereocenters. The molecule has 2 aliphatic rings. The molecule has 5 heteroatoms. The second-order valence-corrected chi connectivity index (χ2v) is 4.81. The van der Waals surface area contributed by atoms with Crippen LogP contribution in [0.4, 0.5) is 0 Å². The standard InChI is InChI=1S/C12H14BrN3O/c1-16-9(5-2-6-10(16)13)11(17)8-4-3-7-15-12(8)14/h2-7,10,12,15H,14H2,1H3. The fourth-order valence-corrected chi connectivity index (χ4v) is 2.12. The number of carbonyl (C=O) groups is 1. The Labute approximate surface area is 109 Å². The zero-order chi connectivity index (χ0) is 12.4. The van der Waals surface area contributed by atoms with E-state index in [2.05, 4.69) is 21.2 Å². The highest BCUT2D eigenvalue weighted by Crippen LogP contribution is 2.22. The van der Waals surface area contributed by atoms with Crippen LogP contribution in [0, 0.1) is 0 Å². The summed E-state index contributed by atoms with van der Waals surface area (Å²) in [5, 5.41) is 2.91. The van der Waals surface area contributed by atoms with Crippen molar-refractivity contribution < 1.29 is 4.79 Å². The van der Waals surface area contributed by atoms with E-state index in [1.165, 1.54) is 0 Å². The number of alkyl halides is 1. The summed E-state index contributed by atoms with van der Waals surface area (Å²) >= 11 is 3.47. The van der Waals surface area contributed by atoms with Crippen LogP contribution in [0.25, 0.3) is 0 Å². The topological polar surface area (TPSA) is 58.4 Å². The zero-order valence-electron chi connectivity index (χ0n) is 9.43. The second-order valence-electron chi connectivity index (χ2n) is 3.87. The number of nitrogens with two attached hydrogens (primary N) is 1. The Bertz CT molecular complexity index is 451. The van der Waals surface area contributed by atoms with E-state index in [1.54, 1.807) is 24.4 Å². The second kappa shape index (κ2) is 4.89. The lowest BCUT2D eigenvalue weighted by Crippen LogP contribution is -2.42. The van der Waals surface area contributed by atoms with Crippen molar-refractivity contribution in [2.75, 3.05) is 7.05 Å². The fraction of sp³-hybridized carbons (Fsp3) is 0.250. The van der Waals surface area contributed by atoms with E-state index in [0.29, 0.717) is 11.3 Å². The summed E-state index contributed by atoms with van der Waals surface area (Å²) in [4.78, 5) is 14.2. The van der Waals surface area contributed by atoms with Crippen molar-refractivity contribution in [1.82, 2.24) is 10.2 Å². The Morgan fingerprint density at radius 3 is 2.94 bits per heavy atom. The molecule has 0 radical (unpaired) electrons. The van der Waals surface area contributed by atoms with Crippen LogP contribution in [0.2, 0.25) is 0 Å². The summed E-state index contributed by atoms with van der Waals surface area (Å²) in [6.07, 6.45) is 10.4. The number of likely N-dealkylation sites (N-methyl/N-ethyl adjacent to an activating group) is 1. The molecule has 90 valence electrons. The third-order valence-corrected chi connectivity index (χ3v) is 3.67. The Kier molecular flexibility index (Phi) is 3.49. The van der Waals surface area contributed by atoms with Crippen molar-refractivity contribution in [3.63, 3.8) is 0 Å². The van der Waals surface area contributed by atoms with E-state index < -0.39 is 6.17 Å². The highest BCUT2D eigenvalue weighted by Gasteiger charge is 2.26. The number of rotatable bonds is 2. The number of halogens is 1. The average molecular weight is 296 g/mol. The van der Waals surface area contributed by atoms with E-state index in [0.717, 1.165) is 0 Å². The van der Waals surface area contributed by atoms with Gasteiger partial charge >= 0.3 is 0 Å². The molecule has 2 aliphatic heterocycles. The van der Waals surface area contributed by atoms with Gasteiger partial charge in [0.05, 0.1) is 5.70 Å². The smallest absolute Gasteiger partial charge is 0.208 e. The Morgan fingerprint density at radius 2 is 2.24 bits per heavy atom. The van der Waals surface area contributed by atoms with Gasteiger partial charge in [-0.1, -0.05) is 34.2 Å². The minimum atomic E-state index is -0.443. The van der Waals surface area contributed by atoms with Crippen LogP contribution in [0.15, 0.2) is 47.9 Å². The number of carbonyl (C=O) groups excluding carboxylic acids is 1. The first-order valence-electron chi connectivity index (χ1n) is 5.29. The molecule has 0 bridgehead atoms. The van der Waals surface area contributed by atoms with Crippen LogP contribution >= 0.6 is 15.9 Å². The quantitative estimate of drug-likeness (QED) is 0.589. The first-order chi connectivity index (χ1) is 8.11. The highest BCUT2D eigenvalue weighted by atomic mass is 79.9. The van der Waals surface area contributed by atoms with Gasteiger partial charge < -0.3 is 16.0 Å². The molecule has 0 saturated carbocycles. The first-order valence-corrected chi connectivity index (χ1v) is 6.21. The van der Waals surface area contributed by atoms with Crippen LogP contribution in [-0.2, 0) is 4.79 Å². The minimum absolute atomic E-state index is 0.0374. The van der Waals surface area contributed by atoms with E-state index in [-0.39, 0.29) is 10.7 Å².